The van der Waals surface area contributed by atoms with E-state index in [1.54, 1.807) is 0 Å². The van der Waals surface area contributed by atoms with Gasteiger partial charge >= 0.3 is 5.97 Å². The van der Waals surface area contributed by atoms with Crippen molar-refractivity contribution in [3.8, 4) is 0 Å². The molecular weight excluding hydrogens is 316 g/mol. The number of aliphatic hydroxyl groups excluding tert-OH is 1. The SMILES string of the molecule is C=CC=CCCCCCCCCCCCC(=O)CC(O)COC(C)=O. The molecule has 0 aromatic carbocycles. The van der Waals surface area contributed by atoms with Crippen LogP contribution in [-0.2, 0) is 14.3 Å². The van der Waals surface area contributed by atoms with Crippen molar-refractivity contribution in [3.05, 3.63) is 24.8 Å². The number of ketones is 1. The number of esters is 1. The Morgan fingerprint density at radius 2 is 1.56 bits per heavy atom. The summed E-state index contributed by atoms with van der Waals surface area (Å²) in [6, 6.07) is 0. The number of carbonyl (C=O) groups excluding carboxylic acids is 2. The molecule has 0 spiro atoms. The zero-order chi connectivity index (χ0) is 18.8. The summed E-state index contributed by atoms with van der Waals surface area (Å²) in [6.45, 7) is 4.85. The van der Waals surface area contributed by atoms with Crippen LogP contribution in [0.3, 0.4) is 0 Å². The molecule has 0 aliphatic heterocycles. The van der Waals surface area contributed by atoms with Gasteiger partial charge in [-0.25, -0.2) is 0 Å². The van der Waals surface area contributed by atoms with Gasteiger partial charge in [0.05, 0.1) is 6.10 Å². The maximum atomic E-state index is 11.7. The maximum absolute atomic E-state index is 11.7. The van der Waals surface area contributed by atoms with Crippen LogP contribution < -0.4 is 0 Å². The minimum atomic E-state index is -0.872. The van der Waals surface area contributed by atoms with Crippen LogP contribution in [0.1, 0.15) is 84.0 Å². The molecule has 0 rings (SSSR count). The van der Waals surface area contributed by atoms with Gasteiger partial charge in [-0.2, -0.15) is 0 Å². The molecular formula is C21H36O4. The molecule has 0 aromatic heterocycles. The summed E-state index contributed by atoms with van der Waals surface area (Å²) in [6.07, 6.45) is 17.7. The Hall–Kier alpha value is -1.42. The molecule has 0 amide bonds. The lowest BCUT2D eigenvalue weighted by atomic mass is 10.0. The van der Waals surface area contributed by atoms with Crippen LogP contribution in [0.5, 0.6) is 0 Å². The lowest BCUT2D eigenvalue weighted by Crippen LogP contribution is -2.20. The minimum absolute atomic E-state index is 0.0464. The molecule has 0 radical (unpaired) electrons. The van der Waals surface area contributed by atoms with E-state index in [0.29, 0.717) is 6.42 Å². The first kappa shape index (κ1) is 23.6. The van der Waals surface area contributed by atoms with E-state index in [1.807, 2.05) is 12.2 Å². The first-order valence-electron chi connectivity index (χ1n) is 9.67. The summed E-state index contributed by atoms with van der Waals surface area (Å²) in [5, 5.41) is 9.57. The van der Waals surface area contributed by atoms with Gasteiger partial charge in [-0.3, -0.25) is 9.59 Å². The highest BCUT2D eigenvalue weighted by molar-refractivity contribution is 5.78. The van der Waals surface area contributed by atoms with Crippen LogP contribution in [0, 0.1) is 0 Å². The molecule has 1 N–H and O–H groups in total. The van der Waals surface area contributed by atoms with E-state index < -0.39 is 12.1 Å². The third-order valence-electron chi connectivity index (χ3n) is 4.04. The number of unbranched alkanes of at least 4 members (excludes halogenated alkanes) is 9. The summed E-state index contributed by atoms with van der Waals surface area (Å²) >= 11 is 0. The Labute approximate surface area is 153 Å². The molecule has 0 aliphatic rings. The molecule has 1 unspecified atom stereocenters. The molecule has 0 saturated heterocycles. The second-order valence-electron chi connectivity index (χ2n) is 6.58. The average Bonchev–Trinajstić information content (AvgIpc) is 2.57. The van der Waals surface area contributed by atoms with E-state index in [1.165, 1.54) is 51.9 Å². The van der Waals surface area contributed by atoms with E-state index in [4.69, 9.17) is 0 Å². The van der Waals surface area contributed by atoms with E-state index in [2.05, 4.69) is 17.4 Å². The number of hydrogen-bond acceptors (Lipinski definition) is 4. The topological polar surface area (TPSA) is 63.6 Å². The Bertz CT molecular complexity index is 387. The summed E-state index contributed by atoms with van der Waals surface area (Å²) in [4.78, 5) is 22.3. The highest BCUT2D eigenvalue weighted by atomic mass is 16.5. The number of carbonyl (C=O) groups is 2. The van der Waals surface area contributed by atoms with E-state index >= 15 is 0 Å². The smallest absolute Gasteiger partial charge is 0.302 e. The van der Waals surface area contributed by atoms with Crippen LogP contribution >= 0.6 is 0 Å². The zero-order valence-corrected chi connectivity index (χ0v) is 15.9. The molecule has 0 aliphatic carbocycles. The summed E-state index contributed by atoms with van der Waals surface area (Å²) in [5.74, 6) is -0.388. The molecule has 1 atom stereocenters. The van der Waals surface area contributed by atoms with Crippen molar-refractivity contribution >= 4 is 11.8 Å². The van der Waals surface area contributed by atoms with Gasteiger partial charge in [0.2, 0.25) is 0 Å². The van der Waals surface area contributed by atoms with Crippen LogP contribution in [-0.4, -0.2) is 29.6 Å². The average molecular weight is 353 g/mol. The molecule has 0 bridgehead atoms. The van der Waals surface area contributed by atoms with Crippen molar-refractivity contribution < 1.29 is 19.4 Å². The first-order chi connectivity index (χ1) is 12.1. The Kier molecular flexibility index (Phi) is 16.4. The Balaban J connectivity index is 3.32. The molecule has 0 aromatic rings. The van der Waals surface area contributed by atoms with Crippen molar-refractivity contribution in [2.24, 2.45) is 0 Å². The largest absolute Gasteiger partial charge is 0.463 e. The summed E-state index contributed by atoms with van der Waals surface area (Å²) in [5.41, 5.74) is 0. The fraction of sp³-hybridized carbons (Fsp3) is 0.714. The third kappa shape index (κ3) is 18.8. The number of aliphatic hydroxyl groups is 1. The maximum Gasteiger partial charge on any atom is 0.302 e. The highest BCUT2D eigenvalue weighted by Crippen LogP contribution is 2.12. The molecule has 0 fully saturated rings. The van der Waals surface area contributed by atoms with Crippen molar-refractivity contribution in [1.29, 1.82) is 0 Å². The number of rotatable bonds is 17. The van der Waals surface area contributed by atoms with Gasteiger partial charge in [0.1, 0.15) is 12.4 Å². The zero-order valence-electron chi connectivity index (χ0n) is 15.9. The minimum Gasteiger partial charge on any atom is -0.463 e. The van der Waals surface area contributed by atoms with Crippen molar-refractivity contribution in [1.82, 2.24) is 0 Å². The lowest BCUT2D eigenvalue weighted by molar-refractivity contribution is -0.145. The van der Waals surface area contributed by atoms with Crippen LogP contribution in [0.2, 0.25) is 0 Å². The molecule has 144 valence electrons. The van der Waals surface area contributed by atoms with E-state index in [0.717, 1.165) is 19.3 Å². The third-order valence-corrected chi connectivity index (χ3v) is 4.04. The monoisotopic (exact) mass is 352 g/mol. The molecule has 25 heavy (non-hydrogen) atoms. The van der Waals surface area contributed by atoms with Gasteiger partial charge in [0, 0.05) is 19.8 Å². The van der Waals surface area contributed by atoms with Gasteiger partial charge < -0.3 is 9.84 Å². The summed E-state index contributed by atoms with van der Waals surface area (Å²) < 4.78 is 4.68. The molecule has 0 heterocycles. The van der Waals surface area contributed by atoms with Crippen molar-refractivity contribution in [2.75, 3.05) is 6.61 Å². The van der Waals surface area contributed by atoms with Gasteiger partial charge in [-0.05, 0) is 19.3 Å². The predicted octanol–water partition coefficient (Wildman–Crippen LogP) is 4.90. The van der Waals surface area contributed by atoms with E-state index in [9.17, 15) is 14.7 Å². The number of ether oxygens (including phenoxy) is 1. The van der Waals surface area contributed by atoms with Crippen LogP contribution in [0.4, 0.5) is 0 Å². The normalized spacial score (nSPS) is 12.2. The number of allylic oxidation sites excluding steroid dienone is 3. The van der Waals surface area contributed by atoms with Gasteiger partial charge in [-0.15, -0.1) is 0 Å². The summed E-state index contributed by atoms with van der Waals surface area (Å²) in [7, 11) is 0. The quantitative estimate of drug-likeness (QED) is 0.230. The highest BCUT2D eigenvalue weighted by Gasteiger charge is 2.11. The Morgan fingerprint density at radius 3 is 2.12 bits per heavy atom. The molecule has 4 heteroatoms. The lowest BCUT2D eigenvalue weighted by Gasteiger charge is -2.09. The molecule has 4 nitrogen and oxygen atoms in total. The fourth-order valence-electron chi connectivity index (χ4n) is 2.65. The van der Waals surface area contributed by atoms with Crippen molar-refractivity contribution in [2.45, 2.75) is 90.1 Å². The predicted molar refractivity (Wildman–Crippen MR) is 102 cm³/mol. The van der Waals surface area contributed by atoms with Gasteiger partial charge in [0.15, 0.2) is 0 Å². The number of hydrogen-bond donors (Lipinski definition) is 1. The van der Waals surface area contributed by atoms with Crippen molar-refractivity contribution in [3.63, 3.8) is 0 Å². The van der Waals surface area contributed by atoms with Crippen LogP contribution in [0.25, 0.3) is 0 Å². The Morgan fingerprint density at radius 1 is 1.00 bits per heavy atom. The van der Waals surface area contributed by atoms with E-state index in [-0.39, 0.29) is 18.8 Å². The second-order valence-corrected chi connectivity index (χ2v) is 6.58. The standard InChI is InChI=1S/C21H36O4/c1-3-4-5-6-7-8-9-10-11-12-13-14-15-16-20(23)17-21(24)18-25-19(2)22/h3-5,21,24H,1,6-18H2,2H3. The number of Topliss-reactive ketones (excluding diaryl/α,β-unsaturated/α-hetero) is 1. The van der Waals surface area contributed by atoms with Crippen LogP contribution in [0.15, 0.2) is 24.8 Å². The fourth-order valence-corrected chi connectivity index (χ4v) is 2.65. The first-order valence-corrected chi connectivity index (χ1v) is 9.67. The second kappa shape index (κ2) is 17.4. The van der Waals surface area contributed by atoms with Gasteiger partial charge in [-0.1, -0.05) is 69.8 Å². The molecule has 0 saturated carbocycles. The van der Waals surface area contributed by atoms with Gasteiger partial charge in [0.25, 0.3) is 0 Å².